The first kappa shape index (κ1) is 19.9. The fourth-order valence-electron chi connectivity index (χ4n) is 3.10. The smallest absolute Gasteiger partial charge is 0.282 e. The molecule has 2 heterocycles. The van der Waals surface area contributed by atoms with Crippen LogP contribution in [0.1, 0.15) is 23.6 Å². The van der Waals surface area contributed by atoms with Gasteiger partial charge in [-0.25, -0.2) is 5.01 Å². The molecule has 0 radical (unpaired) electrons. The van der Waals surface area contributed by atoms with Crippen molar-refractivity contribution in [1.29, 1.82) is 0 Å². The highest BCUT2D eigenvalue weighted by Gasteiger charge is 2.34. The number of carbonyl (C=O) groups excluding carboxylic acids is 3. The maximum Gasteiger partial charge on any atom is 0.290 e. The van der Waals surface area contributed by atoms with Crippen molar-refractivity contribution in [3.05, 3.63) is 80.1 Å². The average Bonchev–Trinajstić information content (AvgIpc) is 3.26. The molecule has 4 rings (SSSR count). The minimum atomic E-state index is -0.577. The van der Waals surface area contributed by atoms with Crippen molar-refractivity contribution in [3.8, 4) is 0 Å². The lowest BCUT2D eigenvalue weighted by atomic mass is 9.98. The minimum absolute atomic E-state index is 0.0564. The van der Waals surface area contributed by atoms with Crippen molar-refractivity contribution in [2.75, 3.05) is 0 Å². The number of hydrogen-bond acceptors (Lipinski definition) is 5. The van der Waals surface area contributed by atoms with Crippen LogP contribution in [0.3, 0.4) is 0 Å². The topological polar surface area (TPSA) is 78.8 Å². The minimum Gasteiger partial charge on any atom is -0.282 e. The van der Waals surface area contributed by atoms with Crippen molar-refractivity contribution in [2.24, 2.45) is 5.10 Å². The van der Waals surface area contributed by atoms with E-state index in [4.69, 9.17) is 11.6 Å². The Kier molecular flexibility index (Phi) is 5.58. The molecule has 0 aliphatic carbocycles. The summed E-state index contributed by atoms with van der Waals surface area (Å²) in [4.78, 5) is 36.2. The summed E-state index contributed by atoms with van der Waals surface area (Å²) in [7, 11) is 0. The van der Waals surface area contributed by atoms with E-state index in [2.05, 4.69) is 26.3 Å². The molecule has 6 nitrogen and oxygen atoms in total. The highest BCUT2D eigenvalue weighted by atomic mass is 79.9. The van der Waals surface area contributed by atoms with Gasteiger partial charge in [0, 0.05) is 22.0 Å². The Hall–Kier alpha value is -2.42. The molecule has 0 bridgehead atoms. The fourth-order valence-corrected chi connectivity index (χ4v) is 4.27. The number of nitrogens with zero attached hydrogens (tertiary/aromatic N) is 2. The van der Waals surface area contributed by atoms with Gasteiger partial charge in [-0.15, -0.1) is 0 Å². The van der Waals surface area contributed by atoms with E-state index in [1.807, 2.05) is 36.4 Å². The maximum atomic E-state index is 13.0. The number of benzene rings is 2. The van der Waals surface area contributed by atoms with Crippen LogP contribution in [-0.2, 0) is 9.59 Å². The van der Waals surface area contributed by atoms with Crippen LogP contribution in [0.4, 0.5) is 4.79 Å². The van der Waals surface area contributed by atoms with Crippen LogP contribution in [0.15, 0.2) is 69.1 Å². The molecule has 146 valence electrons. The number of carbonyl (C=O) groups is 3. The van der Waals surface area contributed by atoms with Crippen molar-refractivity contribution in [1.82, 2.24) is 10.3 Å². The quantitative estimate of drug-likeness (QED) is 0.636. The standard InChI is InChI=1S/C20H13BrClN3O3S/c21-13-3-1-2-12(8-13)15-9-16(11-4-6-14(22)7-5-11)25(24-15)18(26)10-17-19(27)23-20(28)29-17/h1-8,10,16H,9H2,(H,23,27,28)/b17-10-. The molecule has 2 aromatic carbocycles. The summed E-state index contributed by atoms with van der Waals surface area (Å²) in [6.45, 7) is 0. The van der Waals surface area contributed by atoms with Gasteiger partial charge in [0.25, 0.3) is 17.1 Å². The van der Waals surface area contributed by atoms with E-state index < -0.39 is 17.1 Å². The van der Waals surface area contributed by atoms with Gasteiger partial charge < -0.3 is 0 Å². The van der Waals surface area contributed by atoms with Crippen LogP contribution in [0.25, 0.3) is 0 Å². The lowest BCUT2D eigenvalue weighted by Crippen LogP contribution is -2.26. The summed E-state index contributed by atoms with van der Waals surface area (Å²) in [6.07, 6.45) is 1.66. The van der Waals surface area contributed by atoms with Crippen molar-refractivity contribution in [3.63, 3.8) is 0 Å². The summed E-state index contributed by atoms with van der Waals surface area (Å²) in [6, 6.07) is 14.5. The third kappa shape index (κ3) is 4.29. The summed E-state index contributed by atoms with van der Waals surface area (Å²) >= 11 is 10.2. The van der Waals surface area contributed by atoms with Crippen LogP contribution >= 0.6 is 39.3 Å². The molecule has 2 aromatic rings. The molecule has 1 unspecified atom stereocenters. The molecule has 0 saturated carbocycles. The average molecular weight is 491 g/mol. The molecule has 2 aliphatic rings. The van der Waals surface area contributed by atoms with Gasteiger partial charge in [-0.3, -0.25) is 19.7 Å². The predicted molar refractivity (Wildman–Crippen MR) is 116 cm³/mol. The first-order valence-corrected chi connectivity index (χ1v) is 10.6. The van der Waals surface area contributed by atoms with Crippen LogP contribution in [-0.4, -0.2) is 27.8 Å². The number of hydrogen-bond donors (Lipinski definition) is 1. The third-order valence-electron chi connectivity index (χ3n) is 4.45. The normalized spacial score (nSPS) is 20.2. The van der Waals surface area contributed by atoms with Gasteiger partial charge in [-0.1, -0.05) is 51.8 Å². The summed E-state index contributed by atoms with van der Waals surface area (Å²) < 4.78 is 0.908. The monoisotopic (exact) mass is 489 g/mol. The Balaban J connectivity index is 1.70. The first-order chi connectivity index (χ1) is 13.9. The van der Waals surface area contributed by atoms with Gasteiger partial charge in [0.2, 0.25) is 0 Å². The van der Waals surface area contributed by atoms with E-state index in [0.29, 0.717) is 23.2 Å². The molecule has 9 heteroatoms. The summed E-state index contributed by atoms with van der Waals surface area (Å²) in [5, 5.41) is 8.13. The van der Waals surface area contributed by atoms with Gasteiger partial charge in [-0.2, -0.15) is 5.10 Å². The third-order valence-corrected chi connectivity index (χ3v) is 6.00. The van der Waals surface area contributed by atoms with Crippen molar-refractivity contribution < 1.29 is 14.4 Å². The maximum absolute atomic E-state index is 13.0. The molecule has 1 atom stereocenters. The molecule has 0 aromatic heterocycles. The molecular formula is C20H13BrClN3O3S. The predicted octanol–water partition coefficient (Wildman–Crippen LogP) is 4.65. The van der Waals surface area contributed by atoms with Crippen LogP contribution < -0.4 is 5.32 Å². The zero-order valence-electron chi connectivity index (χ0n) is 14.8. The van der Waals surface area contributed by atoms with E-state index in [1.165, 1.54) is 5.01 Å². The first-order valence-electron chi connectivity index (χ1n) is 8.57. The second-order valence-corrected chi connectivity index (χ2v) is 8.73. The van der Waals surface area contributed by atoms with Gasteiger partial charge in [-0.05, 0) is 47.2 Å². The number of nitrogens with one attached hydrogen (secondary N) is 1. The van der Waals surface area contributed by atoms with E-state index in [1.54, 1.807) is 12.1 Å². The van der Waals surface area contributed by atoms with E-state index in [0.717, 1.165) is 27.4 Å². The number of imide groups is 1. The zero-order chi connectivity index (χ0) is 20.5. The highest BCUT2D eigenvalue weighted by molar-refractivity contribution is 9.10. The number of halogens is 2. The van der Waals surface area contributed by atoms with E-state index in [9.17, 15) is 14.4 Å². The van der Waals surface area contributed by atoms with Crippen molar-refractivity contribution >= 4 is 62.1 Å². The second kappa shape index (κ2) is 8.14. The van der Waals surface area contributed by atoms with Crippen LogP contribution in [0, 0.1) is 0 Å². The lowest BCUT2D eigenvalue weighted by molar-refractivity contribution is -0.128. The van der Waals surface area contributed by atoms with Gasteiger partial charge >= 0.3 is 0 Å². The lowest BCUT2D eigenvalue weighted by Gasteiger charge is -2.21. The molecule has 1 N–H and O–H groups in total. The Morgan fingerprint density at radius 3 is 2.66 bits per heavy atom. The summed E-state index contributed by atoms with van der Waals surface area (Å²) in [5.41, 5.74) is 2.51. The Morgan fingerprint density at radius 1 is 1.24 bits per heavy atom. The Labute approximate surface area is 184 Å². The molecule has 3 amide bonds. The van der Waals surface area contributed by atoms with E-state index >= 15 is 0 Å². The number of hydrazone groups is 1. The summed E-state index contributed by atoms with van der Waals surface area (Å²) in [5.74, 6) is -1.05. The molecule has 1 saturated heterocycles. The van der Waals surface area contributed by atoms with Crippen molar-refractivity contribution in [2.45, 2.75) is 12.5 Å². The van der Waals surface area contributed by atoms with Crippen LogP contribution in [0.2, 0.25) is 5.02 Å². The largest absolute Gasteiger partial charge is 0.290 e. The molecule has 29 heavy (non-hydrogen) atoms. The molecule has 1 fully saturated rings. The molecule has 0 spiro atoms. The SMILES string of the molecule is O=C1NC(=O)/C(=C/C(=O)N2N=C(c3cccc(Br)c3)CC2c2ccc(Cl)cc2)S1. The van der Waals surface area contributed by atoms with E-state index in [-0.39, 0.29) is 10.9 Å². The van der Waals surface area contributed by atoms with Gasteiger partial charge in [0.15, 0.2) is 0 Å². The number of rotatable bonds is 3. The van der Waals surface area contributed by atoms with Gasteiger partial charge in [0.1, 0.15) is 0 Å². The highest BCUT2D eigenvalue weighted by Crippen LogP contribution is 2.34. The van der Waals surface area contributed by atoms with Gasteiger partial charge in [0.05, 0.1) is 16.7 Å². The Morgan fingerprint density at radius 2 is 2.00 bits per heavy atom. The number of amides is 3. The zero-order valence-corrected chi connectivity index (χ0v) is 17.9. The molecular weight excluding hydrogens is 478 g/mol. The fraction of sp³-hybridized carbons (Fsp3) is 0.100. The second-order valence-electron chi connectivity index (χ2n) is 6.36. The molecule has 2 aliphatic heterocycles. The number of thioether (sulfide) groups is 1. The Bertz CT molecular complexity index is 1080. The van der Waals surface area contributed by atoms with Crippen LogP contribution in [0.5, 0.6) is 0 Å².